The monoisotopic (exact) mass is 491 g/mol. The van der Waals surface area contributed by atoms with Crippen molar-refractivity contribution in [3.8, 4) is 0 Å². The van der Waals surface area contributed by atoms with Gasteiger partial charge in [-0.3, -0.25) is 9.69 Å². The first kappa shape index (κ1) is 26.3. The van der Waals surface area contributed by atoms with Crippen molar-refractivity contribution >= 4 is 23.9 Å². The zero-order valence-corrected chi connectivity index (χ0v) is 20.5. The highest BCUT2D eigenvalue weighted by atomic mass is 35.5. The summed E-state index contributed by atoms with van der Waals surface area (Å²) in [6, 6.07) is 7.88. The molecule has 0 aromatic heterocycles. The van der Waals surface area contributed by atoms with E-state index in [9.17, 15) is 14.7 Å². The van der Waals surface area contributed by atoms with E-state index in [2.05, 4.69) is 6.92 Å². The molecule has 3 rings (SSSR count). The van der Waals surface area contributed by atoms with Crippen molar-refractivity contribution in [3.05, 3.63) is 69.0 Å². The van der Waals surface area contributed by atoms with Crippen LogP contribution in [0.4, 0.5) is 4.39 Å². The van der Waals surface area contributed by atoms with Gasteiger partial charge in [0, 0.05) is 43.0 Å². The van der Waals surface area contributed by atoms with Crippen LogP contribution in [0.25, 0.3) is 0 Å². The number of aldehydes is 1. The predicted octanol–water partition coefficient (Wildman–Crippen LogP) is 5.69. The Kier molecular flexibility index (Phi) is 9.19. The van der Waals surface area contributed by atoms with Crippen molar-refractivity contribution in [2.75, 3.05) is 27.4 Å². The van der Waals surface area contributed by atoms with E-state index in [4.69, 9.17) is 21.1 Å². The van der Waals surface area contributed by atoms with Crippen LogP contribution in [0, 0.1) is 11.7 Å². The highest BCUT2D eigenvalue weighted by Gasteiger charge is 2.29. The fourth-order valence-corrected chi connectivity index (χ4v) is 5.12. The van der Waals surface area contributed by atoms with Gasteiger partial charge in [-0.25, -0.2) is 9.18 Å². The maximum absolute atomic E-state index is 15.6. The Morgan fingerprint density at radius 1 is 1.32 bits per heavy atom. The van der Waals surface area contributed by atoms with Crippen LogP contribution in [0.2, 0.25) is 5.02 Å². The lowest BCUT2D eigenvalue weighted by Crippen LogP contribution is -2.28. The molecule has 1 saturated heterocycles. The summed E-state index contributed by atoms with van der Waals surface area (Å²) < 4.78 is 26.6. The van der Waals surface area contributed by atoms with Gasteiger partial charge in [0.1, 0.15) is 12.0 Å². The van der Waals surface area contributed by atoms with E-state index in [-0.39, 0.29) is 29.2 Å². The van der Waals surface area contributed by atoms with Gasteiger partial charge in [0.05, 0.1) is 5.56 Å². The number of carboxylic acids is 1. The third kappa shape index (κ3) is 5.84. The molecule has 6 nitrogen and oxygen atoms in total. The van der Waals surface area contributed by atoms with Crippen molar-refractivity contribution < 1.29 is 28.6 Å². The van der Waals surface area contributed by atoms with E-state index in [1.54, 1.807) is 30.1 Å². The van der Waals surface area contributed by atoms with E-state index in [1.807, 2.05) is 0 Å². The Balaban J connectivity index is 1.94. The van der Waals surface area contributed by atoms with Crippen LogP contribution in [0.3, 0.4) is 0 Å². The zero-order valence-electron chi connectivity index (χ0n) is 19.7. The number of hydrogen-bond acceptors (Lipinski definition) is 5. The van der Waals surface area contributed by atoms with E-state index >= 15 is 4.39 Å². The van der Waals surface area contributed by atoms with Crippen LogP contribution in [0.5, 0.6) is 0 Å². The highest BCUT2D eigenvalue weighted by molar-refractivity contribution is 6.30. The highest BCUT2D eigenvalue weighted by Crippen LogP contribution is 2.37. The Morgan fingerprint density at radius 2 is 2.03 bits per heavy atom. The first-order valence-electron chi connectivity index (χ1n) is 11.4. The summed E-state index contributed by atoms with van der Waals surface area (Å²) >= 11 is 5.95. The molecule has 1 aliphatic rings. The fourth-order valence-electron chi connectivity index (χ4n) is 4.95. The van der Waals surface area contributed by atoms with Crippen molar-refractivity contribution in [3.63, 3.8) is 0 Å². The minimum Gasteiger partial charge on any atom is -0.478 e. The summed E-state index contributed by atoms with van der Waals surface area (Å²) in [5, 5.41) is 9.84. The maximum Gasteiger partial charge on any atom is 0.336 e. The molecular weight excluding hydrogens is 461 g/mol. The molecule has 8 heteroatoms. The molecule has 2 aromatic carbocycles. The smallest absolute Gasteiger partial charge is 0.336 e. The van der Waals surface area contributed by atoms with Crippen LogP contribution in [-0.4, -0.2) is 49.6 Å². The quantitative estimate of drug-likeness (QED) is 0.340. The van der Waals surface area contributed by atoms with Gasteiger partial charge in [0.25, 0.3) is 0 Å². The number of hydrogen-bond donors (Lipinski definition) is 1. The van der Waals surface area contributed by atoms with E-state index in [0.29, 0.717) is 36.0 Å². The summed E-state index contributed by atoms with van der Waals surface area (Å²) in [7, 11) is 3.12. The number of halogens is 2. The third-order valence-electron chi connectivity index (χ3n) is 6.61. The molecule has 1 aliphatic heterocycles. The standard InChI is InChI=1S/C26H31ClFNO5/c1-4-21(16-7-9-34-10-8-16)18-11-19(15-30)24(23(28)12-18)25(33-3)29(2)14-17-5-6-20(27)13-22(17)26(31)32/h5-6,11-13,15-16,21,25H,4,7-10,14H2,1-3H3,(H,31,32)/t21-,25+/m0/s1. The average Bonchev–Trinajstić information content (AvgIpc) is 2.82. The van der Waals surface area contributed by atoms with Crippen molar-refractivity contribution in [2.24, 2.45) is 5.92 Å². The molecule has 2 atom stereocenters. The molecule has 1 heterocycles. The average molecular weight is 492 g/mol. The first-order chi connectivity index (χ1) is 16.3. The summed E-state index contributed by atoms with van der Waals surface area (Å²) in [5.41, 5.74) is 1.73. The number of carbonyl (C=O) groups excluding carboxylic acids is 1. The summed E-state index contributed by atoms with van der Waals surface area (Å²) in [6.45, 7) is 3.62. The molecule has 34 heavy (non-hydrogen) atoms. The van der Waals surface area contributed by atoms with Crippen LogP contribution < -0.4 is 0 Å². The largest absolute Gasteiger partial charge is 0.478 e. The van der Waals surface area contributed by atoms with Gasteiger partial charge in [0.2, 0.25) is 0 Å². The lowest BCUT2D eigenvalue weighted by atomic mass is 9.79. The lowest BCUT2D eigenvalue weighted by Gasteiger charge is -2.32. The molecule has 0 unspecified atom stereocenters. The second-order valence-corrected chi connectivity index (χ2v) is 9.13. The van der Waals surface area contributed by atoms with E-state index in [1.165, 1.54) is 19.2 Å². The van der Waals surface area contributed by atoms with E-state index < -0.39 is 18.0 Å². The Hall–Kier alpha value is -2.32. The maximum atomic E-state index is 15.6. The van der Waals surface area contributed by atoms with Crippen LogP contribution in [-0.2, 0) is 16.0 Å². The molecule has 0 amide bonds. The number of ether oxygens (including phenoxy) is 2. The summed E-state index contributed by atoms with van der Waals surface area (Å²) in [5.74, 6) is -1.11. The number of carbonyl (C=O) groups is 2. The number of carboxylic acid groups (broad SMARTS) is 1. The predicted molar refractivity (Wildman–Crippen MR) is 128 cm³/mol. The number of nitrogens with zero attached hydrogens (tertiary/aromatic N) is 1. The molecule has 0 bridgehead atoms. The number of benzene rings is 2. The third-order valence-corrected chi connectivity index (χ3v) is 6.84. The molecular formula is C26H31ClFNO5. The summed E-state index contributed by atoms with van der Waals surface area (Å²) in [4.78, 5) is 25.4. The molecule has 0 saturated carbocycles. The van der Waals surface area contributed by atoms with Gasteiger partial charge in [0.15, 0.2) is 6.29 Å². The van der Waals surface area contributed by atoms with Crippen LogP contribution >= 0.6 is 11.6 Å². The van der Waals surface area contributed by atoms with E-state index in [0.717, 1.165) is 24.8 Å². The van der Waals surface area contributed by atoms with Gasteiger partial charge in [-0.2, -0.15) is 0 Å². The molecule has 184 valence electrons. The SMILES string of the molecule is CC[C@H](c1cc(F)c([C@@H](OC)N(C)Cc2ccc(Cl)cc2C(=O)O)c(C=O)c1)C1CCOCC1. The molecule has 1 fully saturated rings. The molecule has 0 spiro atoms. The topological polar surface area (TPSA) is 76.1 Å². The Labute approximate surface area is 204 Å². The van der Waals surface area contributed by atoms with Crippen LogP contribution in [0.15, 0.2) is 30.3 Å². The van der Waals surface area contributed by atoms with Crippen LogP contribution in [0.1, 0.15) is 75.7 Å². The molecule has 0 aliphatic carbocycles. The van der Waals surface area contributed by atoms with Gasteiger partial charge < -0.3 is 14.6 Å². The first-order valence-corrected chi connectivity index (χ1v) is 11.8. The second-order valence-electron chi connectivity index (χ2n) is 8.70. The molecule has 0 radical (unpaired) electrons. The van der Waals surface area contributed by atoms with Crippen molar-refractivity contribution in [1.82, 2.24) is 4.90 Å². The number of methoxy groups -OCH3 is 1. The molecule has 2 aromatic rings. The van der Waals surface area contributed by atoms with Gasteiger partial charge in [-0.1, -0.05) is 24.6 Å². The summed E-state index contributed by atoms with van der Waals surface area (Å²) in [6.07, 6.45) is 2.42. The molecule has 1 N–H and O–H groups in total. The Morgan fingerprint density at radius 3 is 2.62 bits per heavy atom. The lowest BCUT2D eigenvalue weighted by molar-refractivity contribution is -0.0274. The van der Waals surface area contributed by atoms with Crippen molar-refractivity contribution in [2.45, 2.75) is 44.9 Å². The Bertz CT molecular complexity index is 1020. The minimum atomic E-state index is -1.11. The normalized spacial score (nSPS) is 16.4. The van der Waals surface area contributed by atoms with Gasteiger partial charge in [-0.05, 0) is 73.5 Å². The van der Waals surface area contributed by atoms with Gasteiger partial charge >= 0.3 is 5.97 Å². The minimum absolute atomic E-state index is 0.0582. The number of aromatic carboxylic acids is 1. The fraction of sp³-hybridized carbons (Fsp3) is 0.462. The van der Waals surface area contributed by atoms with Gasteiger partial charge in [-0.15, -0.1) is 0 Å². The van der Waals surface area contributed by atoms with Crippen molar-refractivity contribution in [1.29, 1.82) is 0 Å². The number of rotatable bonds is 10. The zero-order chi connectivity index (χ0) is 24.8. The second kappa shape index (κ2) is 11.9.